The third-order valence-corrected chi connectivity index (χ3v) is 5.04. The Bertz CT molecular complexity index is 787. The molecule has 4 rings (SSSR count). The average molecular weight is 352 g/mol. The summed E-state index contributed by atoms with van der Waals surface area (Å²) in [4.78, 5) is 11.3. The van der Waals surface area contributed by atoms with E-state index in [4.69, 9.17) is 9.72 Å². The van der Waals surface area contributed by atoms with Gasteiger partial charge in [0.15, 0.2) is 5.82 Å². The zero-order valence-corrected chi connectivity index (χ0v) is 14.7. The molecule has 0 spiro atoms. The Morgan fingerprint density at radius 1 is 1.16 bits per heavy atom. The molecule has 2 aromatic heterocycles. The highest BCUT2D eigenvalue weighted by atomic mass is 32.1. The van der Waals surface area contributed by atoms with Crippen LogP contribution >= 0.6 is 11.5 Å². The minimum absolute atomic E-state index is 0.265. The van der Waals surface area contributed by atoms with Crippen molar-refractivity contribution in [3.8, 4) is 11.4 Å². The molecule has 0 amide bonds. The molecule has 1 aliphatic heterocycles. The van der Waals surface area contributed by atoms with Gasteiger partial charge in [0.2, 0.25) is 5.13 Å². The maximum Gasteiger partial charge on any atom is 0.205 e. The van der Waals surface area contributed by atoms with Gasteiger partial charge in [-0.1, -0.05) is 36.4 Å². The van der Waals surface area contributed by atoms with Gasteiger partial charge in [-0.15, -0.1) is 0 Å². The predicted molar refractivity (Wildman–Crippen MR) is 99.6 cm³/mol. The van der Waals surface area contributed by atoms with E-state index in [0.717, 1.165) is 54.6 Å². The summed E-state index contributed by atoms with van der Waals surface area (Å²) in [7, 11) is 0. The average Bonchev–Trinajstić information content (AvgIpc) is 3.35. The first kappa shape index (κ1) is 16.2. The first-order chi connectivity index (χ1) is 12.4. The summed E-state index contributed by atoms with van der Waals surface area (Å²) in [5.41, 5.74) is 2.21. The zero-order valence-electron chi connectivity index (χ0n) is 13.9. The highest BCUT2D eigenvalue weighted by Crippen LogP contribution is 2.26. The molecule has 1 aliphatic rings. The lowest BCUT2D eigenvalue weighted by Gasteiger charge is -2.24. The molecule has 5 nitrogen and oxygen atoms in total. The van der Waals surface area contributed by atoms with Crippen LogP contribution in [-0.2, 0) is 11.3 Å². The standard InChI is InChI=1S/C19H20N4OS/c1-2-7-16(8-3-1)18-21-19(25-22-18)23(14-17-9-5-11-24-17)13-15-6-4-10-20-12-15/h1-4,6-8,10,12,17H,5,9,11,13-14H2. The van der Waals surface area contributed by atoms with Crippen LogP contribution < -0.4 is 4.90 Å². The fraction of sp³-hybridized carbons (Fsp3) is 0.316. The van der Waals surface area contributed by atoms with E-state index in [9.17, 15) is 0 Å². The highest BCUT2D eigenvalue weighted by molar-refractivity contribution is 7.09. The number of hydrogen-bond acceptors (Lipinski definition) is 6. The number of ether oxygens (including phenoxy) is 1. The van der Waals surface area contributed by atoms with E-state index in [1.54, 1.807) is 6.20 Å². The van der Waals surface area contributed by atoms with Gasteiger partial charge in [-0.05, 0) is 24.5 Å². The molecule has 25 heavy (non-hydrogen) atoms. The van der Waals surface area contributed by atoms with Crippen LogP contribution in [0.15, 0.2) is 54.9 Å². The lowest BCUT2D eigenvalue weighted by molar-refractivity contribution is 0.115. The van der Waals surface area contributed by atoms with E-state index in [2.05, 4.69) is 20.3 Å². The van der Waals surface area contributed by atoms with Gasteiger partial charge in [0.1, 0.15) is 0 Å². The quantitative estimate of drug-likeness (QED) is 0.676. The van der Waals surface area contributed by atoms with Crippen molar-refractivity contribution in [2.24, 2.45) is 0 Å². The first-order valence-electron chi connectivity index (χ1n) is 8.53. The molecule has 1 atom stereocenters. The number of nitrogens with zero attached hydrogens (tertiary/aromatic N) is 4. The number of pyridine rings is 1. The second kappa shape index (κ2) is 7.72. The number of rotatable bonds is 6. The molecule has 0 radical (unpaired) electrons. The second-order valence-electron chi connectivity index (χ2n) is 6.14. The van der Waals surface area contributed by atoms with Gasteiger partial charge in [0.05, 0.1) is 6.10 Å². The topological polar surface area (TPSA) is 51.1 Å². The monoisotopic (exact) mass is 352 g/mol. The number of anilines is 1. The number of benzene rings is 1. The van der Waals surface area contributed by atoms with Crippen molar-refractivity contribution in [1.82, 2.24) is 14.3 Å². The van der Waals surface area contributed by atoms with Gasteiger partial charge in [0, 0.05) is 49.2 Å². The Morgan fingerprint density at radius 3 is 2.84 bits per heavy atom. The lowest BCUT2D eigenvalue weighted by atomic mass is 10.2. The molecule has 128 valence electrons. The van der Waals surface area contributed by atoms with Gasteiger partial charge in [-0.25, -0.2) is 0 Å². The van der Waals surface area contributed by atoms with Crippen molar-refractivity contribution in [3.63, 3.8) is 0 Å². The van der Waals surface area contributed by atoms with Gasteiger partial charge in [-0.3, -0.25) is 4.98 Å². The minimum Gasteiger partial charge on any atom is -0.376 e. The molecular formula is C19H20N4OS. The Morgan fingerprint density at radius 2 is 2.08 bits per heavy atom. The first-order valence-corrected chi connectivity index (χ1v) is 9.30. The predicted octanol–water partition coefficient (Wildman–Crippen LogP) is 3.79. The minimum atomic E-state index is 0.265. The van der Waals surface area contributed by atoms with Crippen molar-refractivity contribution >= 4 is 16.7 Å². The van der Waals surface area contributed by atoms with Gasteiger partial charge >= 0.3 is 0 Å². The van der Waals surface area contributed by atoms with Crippen LogP contribution in [-0.4, -0.2) is 33.6 Å². The van der Waals surface area contributed by atoms with Crippen molar-refractivity contribution in [3.05, 3.63) is 60.4 Å². The summed E-state index contributed by atoms with van der Waals surface area (Å²) in [5.74, 6) is 0.782. The lowest BCUT2D eigenvalue weighted by Crippen LogP contribution is -2.31. The maximum absolute atomic E-state index is 5.83. The molecule has 3 aromatic rings. The molecule has 1 saturated heterocycles. The van der Waals surface area contributed by atoms with Gasteiger partial charge in [0.25, 0.3) is 0 Å². The van der Waals surface area contributed by atoms with E-state index in [-0.39, 0.29) is 6.10 Å². The van der Waals surface area contributed by atoms with E-state index < -0.39 is 0 Å². The van der Waals surface area contributed by atoms with E-state index in [1.807, 2.05) is 42.6 Å². The summed E-state index contributed by atoms with van der Waals surface area (Å²) in [6, 6.07) is 14.2. The molecule has 0 saturated carbocycles. The molecule has 1 aromatic carbocycles. The number of aromatic nitrogens is 3. The van der Waals surface area contributed by atoms with Crippen LogP contribution in [0, 0.1) is 0 Å². The van der Waals surface area contributed by atoms with E-state index in [1.165, 1.54) is 11.5 Å². The Labute approximate surface area is 151 Å². The van der Waals surface area contributed by atoms with Crippen molar-refractivity contribution < 1.29 is 4.74 Å². The number of hydrogen-bond donors (Lipinski definition) is 0. The fourth-order valence-electron chi connectivity index (χ4n) is 3.00. The second-order valence-corrected chi connectivity index (χ2v) is 6.87. The molecule has 1 fully saturated rings. The summed E-state index contributed by atoms with van der Waals surface area (Å²) in [6.45, 7) is 2.45. The summed E-state index contributed by atoms with van der Waals surface area (Å²) in [5, 5.41) is 0.929. The Hall–Kier alpha value is -2.31. The Balaban J connectivity index is 1.57. The molecule has 6 heteroatoms. The third-order valence-electron chi connectivity index (χ3n) is 4.26. The molecule has 3 heterocycles. The van der Waals surface area contributed by atoms with E-state index in [0.29, 0.717) is 0 Å². The smallest absolute Gasteiger partial charge is 0.205 e. The maximum atomic E-state index is 5.83. The van der Waals surface area contributed by atoms with Crippen molar-refractivity contribution in [2.45, 2.75) is 25.5 Å². The largest absolute Gasteiger partial charge is 0.376 e. The van der Waals surface area contributed by atoms with Crippen LogP contribution in [0.3, 0.4) is 0 Å². The van der Waals surface area contributed by atoms with Gasteiger partial charge < -0.3 is 9.64 Å². The SMILES string of the molecule is c1ccc(-c2nsc(N(Cc3cccnc3)CC3CCCO3)n2)cc1. The highest BCUT2D eigenvalue weighted by Gasteiger charge is 2.22. The van der Waals surface area contributed by atoms with Crippen LogP contribution in [0.2, 0.25) is 0 Å². The van der Waals surface area contributed by atoms with Gasteiger partial charge in [-0.2, -0.15) is 9.36 Å². The Kier molecular flexibility index (Phi) is 4.99. The summed E-state index contributed by atoms with van der Waals surface area (Å²) < 4.78 is 10.4. The molecule has 0 bridgehead atoms. The van der Waals surface area contributed by atoms with Crippen LogP contribution in [0.5, 0.6) is 0 Å². The molecule has 0 aliphatic carbocycles. The fourth-order valence-corrected chi connectivity index (χ4v) is 3.70. The van der Waals surface area contributed by atoms with Crippen molar-refractivity contribution in [1.29, 1.82) is 0 Å². The molecular weight excluding hydrogens is 332 g/mol. The summed E-state index contributed by atoms with van der Waals surface area (Å²) >= 11 is 1.44. The summed E-state index contributed by atoms with van der Waals surface area (Å²) in [6.07, 6.45) is 6.21. The van der Waals surface area contributed by atoms with Crippen LogP contribution in [0.25, 0.3) is 11.4 Å². The molecule has 0 N–H and O–H groups in total. The van der Waals surface area contributed by atoms with Crippen LogP contribution in [0.1, 0.15) is 18.4 Å². The normalized spacial score (nSPS) is 16.9. The van der Waals surface area contributed by atoms with E-state index >= 15 is 0 Å². The van der Waals surface area contributed by atoms with Crippen molar-refractivity contribution in [2.75, 3.05) is 18.1 Å². The molecule has 1 unspecified atom stereocenters. The van der Waals surface area contributed by atoms with Crippen LogP contribution in [0.4, 0.5) is 5.13 Å². The zero-order chi connectivity index (χ0) is 16.9. The third kappa shape index (κ3) is 4.03.